The molecule has 0 unspecified atom stereocenters. The predicted octanol–water partition coefficient (Wildman–Crippen LogP) is 0.783. The van der Waals surface area contributed by atoms with Crippen molar-refractivity contribution in [2.45, 2.75) is 0 Å². The van der Waals surface area contributed by atoms with E-state index in [-0.39, 0.29) is 0 Å². The molecule has 1 heterocycles. The minimum absolute atomic E-state index is 0.291. The zero-order chi connectivity index (χ0) is 15.1. The number of aromatic nitrogens is 1. The van der Waals surface area contributed by atoms with Gasteiger partial charge in [0.2, 0.25) is 0 Å². The van der Waals surface area contributed by atoms with E-state index in [1.165, 1.54) is 0 Å². The zero-order valence-electron chi connectivity index (χ0n) is 9.92. The number of pyridine rings is 1. The number of aromatic amines is 1. The third kappa shape index (κ3) is 4.22. The summed E-state index contributed by atoms with van der Waals surface area (Å²) < 4.78 is 0. The van der Waals surface area contributed by atoms with Crippen LogP contribution < -0.4 is 10.1 Å². The molecule has 2 rings (SSSR count). The molecule has 0 amide bonds. The minimum atomic E-state index is -0.949. The average molecular weight is 279 g/mol. The van der Waals surface area contributed by atoms with Crippen LogP contribution in [0.3, 0.4) is 0 Å². The Hall–Kier alpha value is -3.23. The molecule has 0 atom stereocenters. The van der Waals surface area contributed by atoms with Crippen molar-refractivity contribution < 1.29 is 25.0 Å². The number of nitrogens with zero attached hydrogens (tertiary/aromatic N) is 2. The van der Waals surface area contributed by atoms with Gasteiger partial charge in [-0.05, 0) is 5.75 Å². The van der Waals surface area contributed by atoms with E-state index < -0.39 is 27.0 Å². The van der Waals surface area contributed by atoms with Crippen molar-refractivity contribution in [3.63, 3.8) is 0 Å². The number of rotatable bonds is 2. The van der Waals surface area contributed by atoms with Gasteiger partial charge in [-0.3, -0.25) is 20.2 Å². The molecule has 0 aliphatic rings. The smallest absolute Gasteiger partial charge is 0.276 e. The third-order valence-electron chi connectivity index (χ3n) is 2.05. The second-order valence-electron chi connectivity index (χ2n) is 3.42. The van der Waals surface area contributed by atoms with Crippen LogP contribution in [0.5, 0.6) is 11.5 Å². The molecular formula is C11H9N3O6. The maximum atomic E-state index is 10.8. The molecular weight excluding hydrogens is 270 g/mol. The van der Waals surface area contributed by atoms with Crippen LogP contribution in [0.1, 0.15) is 0 Å². The van der Waals surface area contributed by atoms with Crippen molar-refractivity contribution in [3.05, 3.63) is 63.0 Å². The number of nitro benzene ring substituents is 2. The highest BCUT2D eigenvalue weighted by Gasteiger charge is 2.13. The summed E-state index contributed by atoms with van der Waals surface area (Å²) in [6.07, 6.45) is 3.32. The first kappa shape index (κ1) is 14.8. The normalized spacial score (nSPS) is 9.20. The van der Waals surface area contributed by atoms with Crippen molar-refractivity contribution in [1.29, 1.82) is 0 Å². The summed E-state index contributed by atoms with van der Waals surface area (Å²) in [6, 6.07) is 5.54. The van der Waals surface area contributed by atoms with Crippen LogP contribution in [-0.4, -0.2) is 15.0 Å². The Morgan fingerprint density at radius 2 is 1.60 bits per heavy atom. The van der Waals surface area contributed by atoms with Crippen molar-refractivity contribution in [2.75, 3.05) is 0 Å². The lowest BCUT2D eigenvalue weighted by atomic mass is 10.2. The van der Waals surface area contributed by atoms with Crippen LogP contribution in [0.15, 0.2) is 42.7 Å². The number of aromatic hydroxyl groups is 1. The van der Waals surface area contributed by atoms with Crippen molar-refractivity contribution in [2.24, 2.45) is 0 Å². The molecule has 2 N–H and O–H groups in total. The van der Waals surface area contributed by atoms with Crippen LogP contribution in [0, 0.1) is 20.2 Å². The van der Waals surface area contributed by atoms with Gasteiger partial charge in [0.15, 0.2) is 12.4 Å². The van der Waals surface area contributed by atoms with Crippen molar-refractivity contribution >= 4 is 11.4 Å². The molecule has 20 heavy (non-hydrogen) atoms. The Kier molecular flexibility index (Phi) is 4.92. The Labute approximate surface area is 112 Å². The summed E-state index contributed by atoms with van der Waals surface area (Å²) in [5, 5.41) is 39.7. The standard InChI is InChI=1S/C6H4N2O5.C5H5NO/c9-6-2-1-4(7(10)11)3-5(6)8(12)13;7-5-1-3-6-4-2-5/h1-3,9H;1-4H,(H,6,7). The Bertz CT molecular complexity index is 617. The lowest BCUT2D eigenvalue weighted by Gasteiger charge is -2.03. The van der Waals surface area contributed by atoms with Gasteiger partial charge in [0.05, 0.1) is 15.9 Å². The fourth-order valence-electron chi connectivity index (χ4n) is 1.14. The van der Waals surface area contributed by atoms with Crippen LogP contribution in [0.4, 0.5) is 11.4 Å². The van der Waals surface area contributed by atoms with Gasteiger partial charge in [-0.25, -0.2) is 4.98 Å². The average Bonchev–Trinajstić information content (AvgIpc) is 2.40. The highest BCUT2D eigenvalue weighted by atomic mass is 16.6. The Morgan fingerprint density at radius 1 is 1.00 bits per heavy atom. The quantitative estimate of drug-likeness (QED) is 0.635. The Morgan fingerprint density at radius 3 is 2.00 bits per heavy atom. The molecule has 0 saturated heterocycles. The maximum Gasteiger partial charge on any atom is 0.276 e. The van der Waals surface area contributed by atoms with Gasteiger partial charge in [-0.2, -0.15) is 0 Å². The van der Waals surface area contributed by atoms with E-state index in [1.807, 2.05) is 0 Å². The molecule has 2 aromatic rings. The van der Waals surface area contributed by atoms with Crippen LogP contribution in [0.25, 0.3) is 0 Å². The molecule has 9 nitrogen and oxygen atoms in total. The topological polar surface area (TPSA) is 144 Å². The van der Waals surface area contributed by atoms with Gasteiger partial charge < -0.3 is 10.2 Å². The molecule has 104 valence electrons. The van der Waals surface area contributed by atoms with Gasteiger partial charge in [0, 0.05) is 18.2 Å². The molecule has 0 fully saturated rings. The largest absolute Gasteiger partial charge is 0.868 e. The summed E-state index contributed by atoms with van der Waals surface area (Å²) in [5.74, 6) is -0.547. The van der Waals surface area contributed by atoms with Crippen molar-refractivity contribution in [1.82, 2.24) is 0 Å². The van der Waals surface area contributed by atoms with E-state index in [0.29, 0.717) is 11.8 Å². The lowest BCUT2D eigenvalue weighted by Crippen LogP contribution is -1.98. The molecule has 0 saturated carbocycles. The fraction of sp³-hybridized carbons (Fsp3) is 0. The SMILES string of the molecule is O=[N+]([O-])c1ccc([O-])c([N+](=O)[O-])c1.Oc1cc[nH+]cc1. The third-order valence-corrected chi connectivity index (χ3v) is 2.05. The molecule has 0 aliphatic carbocycles. The van der Waals surface area contributed by atoms with E-state index >= 15 is 0 Å². The second kappa shape index (κ2) is 6.64. The van der Waals surface area contributed by atoms with E-state index in [1.54, 1.807) is 24.5 Å². The second-order valence-corrected chi connectivity index (χ2v) is 3.42. The summed E-state index contributed by atoms with van der Waals surface area (Å²) >= 11 is 0. The van der Waals surface area contributed by atoms with Crippen LogP contribution in [-0.2, 0) is 0 Å². The number of non-ortho nitro benzene ring substituents is 1. The monoisotopic (exact) mass is 279 g/mol. The summed E-state index contributed by atoms with van der Waals surface area (Å²) in [5.41, 5.74) is -1.25. The number of hydrogen-bond acceptors (Lipinski definition) is 6. The van der Waals surface area contributed by atoms with Crippen molar-refractivity contribution in [3.8, 4) is 11.5 Å². The van der Waals surface area contributed by atoms with Gasteiger partial charge in [0.25, 0.3) is 11.4 Å². The molecule has 0 radical (unpaired) electrons. The van der Waals surface area contributed by atoms with E-state index in [0.717, 1.165) is 12.1 Å². The number of hydrogen-bond donors (Lipinski definition) is 1. The molecule has 1 aromatic carbocycles. The Balaban J connectivity index is 0.000000240. The number of nitrogens with one attached hydrogen (secondary N) is 1. The summed E-state index contributed by atoms with van der Waals surface area (Å²) in [6.45, 7) is 0. The molecule has 0 aliphatic heterocycles. The molecule has 0 bridgehead atoms. The van der Waals surface area contributed by atoms with E-state index in [4.69, 9.17) is 5.11 Å². The first-order chi connectivity index (χ1) is 9.41. The first-order valence-corrected chi connectivity index (χ1v) is 5.16. The number of nitro groups is 2. The highest BCUT2D eigenvalue weighted by Crippen LogP contribution is 2.27. The molecule has 1 aromatic heterocycles. The molecule has 0 spiro atoms. The zero-order valence-corrected chi connectivity index (χ0v) is 9.92. The van der Waals surface area contributed by atoms with E-state index in [9.17, 15) is 25.3 Å². The minimum Gasteiger partial charge on any atom is -0.868 e. The lowest BCUT2D eigenvalue weighted by molar-refractivity contribution is -0.403. The fourth-order valence-corrected chi connectivity index (χ4v) is 1.14. The van der Waals surface area contributed by atoms with Gasteiger partial charge in [0.1, 0.15) is 5.75 Å². The van der Waals surface area contributed by atoms with Crippen LogP contribution >= 0.6 is 0 Å². The maximum absolute atomic E-state index is 10.8. The van der Waals surface area contributed by atoms with Gasteiger partial charge >= 0.3 is 0 Å². The highest BCUT2D eigenvalue weighted by molar-refractivity contribution is 5.51. The van der Waals surface area contributed by atoms with Gasteiger partial charge in [-0.15, -0.1) is 0 Å². The van der Waals surface area contributed by atoms with E-state index in [2.05, 4.69) is 4.98 Å². The van der Waals surface area contributed by atoms with Gasteiger partial charge in [-0.1, -0.05) is 6.07 Å². The van der Waals surface area contributed by atoms with Crippen LogP contribution in [0.2, 0.25) is 0 Å². The first-order valence-electron chi connectivity index (χ1n) is 5.16. The predicted molar refractivity (Wildman–Crippen MR) is 63.9 cm³/mol. The number of H-pyrrole nitrogens is 1. The molecule has 9 heteroatoms. The summed E-state index contributed by atoms with van der Waals surface area (Å²) in [4.78, 5) is 21.4. The number of benzene rings is 1. The summed E-state index contributed by atoms with van der Waals surface area (Å²) in [7, 11) is 0.